The molecule has 0 aliphatic heterocycles. The normalized spacial score (nSPS) is 19.8. The highest BCUT2D eigenvalue weighted by Crippen LogP contribution is 2.46. The van der Waals surface area contributed by atoms with Crippen LogP contribution in [-0.4, -0.2) is 12.7 Å². The molecule has 2 rings (SSSR count). The number of ether oxygens (including phenoxy) is 1. The number of nitrogens with one attached hydrogen (secondary N) is 1. The summed E-state index contributed by atoms with van der Waals surface area (Å²) in [6.07, 6.45) is 3.09. The van der Waals surface area contributed by atoms with Crippen molar-refractivity contribution in [2.75, 3.05) is 7.11 Å². The van der Waals surface area contributed by atoms with Gasteiger partial charge in [-0.2, -0.15) is 0 Å². The maximum absolute atomic E-state index is 6.20. The minimum atomic E-state index is -0.261. The smallest absolute Gasteiger partial charge is 0.0886 e. The summed E-state index contributed by atoms with van der Waals surface area (Å²) in [6.45, 7) is 0. The average molecular weight is 275 g/mol. The second-order valence-electron chi connectivity index (χ2n) is 4.39. The fraction of sp³-hybridized carbons (Fsp3) is 0.500. The second kappa shape index (κ2) is 5.12. The zero-order valence-electron chi connectivity index (χ0n) is 9.67. The van der Waals surface area contributed by atoms with Gasteiger partial charge in [-0.15, -0.1) is 0 Å². The van der Waals surface area contributed by atoms with Crippen LogP contribution in [0.15, 0.2) is 18.2 Å². The predicted molar refractivity (Wildman–Crippen MR) is 70.1 cm³/mol. The molecule has 94 valence electrons. The van der Waals surface area contributed by atoms with Crippen LogP contribution in [0.2, 0.25) is 10.0 Å². The highest BCUT2D eigenvalue weighted by molar-refractivity contribution is 6.33. The number of rotatable bonds is 4. The first-order chi connectivity index (χ1) is 8.13. The van der Waals surface area contributed by atoms with E-state index in [4.69, 9.17) is 33.8 Å². The Morgan fingerprint density at radius 3 is 2.59 bits per heavy atom. The number of nitrogens with two attached hydrogens (primary N) is 1. The van der Waals surface area contributed by atoms with Crippen LogP contribution in [0.1, 0.15) is 30.9 Å². The number of hydrogen-bond acceptors (Lipinski definition) is 3. The van der Waals surface area contributed by atoms with E-state index < -0.39 is 0 Å². The summed E-state index contributed by atoms with van der Waals surface area (Å²) >= 11 is 12.2. The molecule has 0 aromatic heterocycles. The van der Waals surface area contributed by atoms with Crippen LogP contribution >= 0.6 is 23.2 Å². The Bertz CT molecular complexity index is 402. The molecule has 3 N–H and O–H groups in total. The van der Waals surface area contributed by atoms with Gasteiger partial charge in [0.15, 0.2) is 0 Å². The number of methoxy groups -OCH3 is 1. The molecule has 1 aliphatic carbocycles. The molecule has 0 bridgehead atoms. The maximum Gasteiger partial charge on any atom is 0.0886 e. The van der Waals surface area contributed by atoms with Gasteiger partial charge in [0.05, 0.1) is 11.6 Å². The van der Waals surface area contributed by atoms with Gasteiger partial charge in [0, 0.05) is 17.2 Å². The van der Waals surface area contributed by atoms with Gasteiger partial charge >= 0.3 is 0 Å². The van der Waals surface area contributed by atoms with Crippen molar-refractivity contribution in [1.29, 1.82) is 0 Å². The number of benzene rings is 1. The summed E-state index contributed by atoms with van der Waals surface area (Å²) in [4.78, 5) is 0. The van der Waals surface area contributed by atoms with Crippen LogP contribution in [-0.2, 0) is 4.74 Å². The van der Waals surface area contributed by atoms with Gasteiger partial charge in [0.1, 0.15) is 0 Å². The third-order valence-corrected chi connectivity index (χ3v) is 4.15. The highest BCUT2D eigenvalue weighted by Gasteiger charge is 2.45. The van der Waals surface area contributed by atoms with Crippen molar-refractivity contribution in [2.24, 2.45) is 5.84 Å². The van der Waals surface area contributed by atoms with Crippen molar-refractivity contribution in [2.45, 2.75) is 30.9 Å². The van der Waals surface area contributed by atoms with E-state index in [2.05, 4.69) is 5.43 Å². The first kappa shape index (κ1) is 13.1. The minimum absolute atomic E-state index is 0.132. The van der Waals surface area contributed by atoms with Crippen LogP contribution in [0, 0.1) is 0 Å². The van der Waals surface area contributed by atoms with Crippen molar-refractivity contribution in [1.82, 2.24) is 5.43 Å². The number of hydrazine groups is 1. The van der Waals surface area contributed by atoms with Crippen molar-refractivity contribution in [3.8, 4) is 0 Å². The van der Waals surface area contributed by atoms with Gasteiger partial charge in [-0.3, -0.25) is 11.3 Å². The Labute approximate surface area is 111 Å². The molecule has 1 fully saturated rings. The summed E-state index contributed by atoms with van der Waals surface area (Å²) in [5, 5.41) is 1.30. The van der Waals surface area contributed by atoms with Gasteiger partial charge in [-0.1, -0.05) is 23.2 Å². The molecule has 1 unspecified atom stereocenters. The van der Waals surface area contributed by atoms with E-state index in [1.54, 1.807) is 19.2 Å². The second-order valence-corrected chi connectivity index (χ2v) is 5.23. The van der Waals surface area contributed by atoms with Crippen molar-refractivity contribution < 1.29 is 4.74 Å². The molecule has 0 saturated heterocycles. The summed E-state index contributed by atoms with van der Waals surface area (Å²) in [7, 11) is 1.71. The van der Waals surface area contributed by atoms with Gasteiger partial charge in [-0.25, -0.2) is 0 Å². The van der Waals surface area contributed by atoms with E-state index in [-0.39, 0.29) is 11.6 Å². The number of halogens is 2. The van der Waals surface area contributed by atoms with E-state index in [0.29, 0.717) is 10.0 Å². The predicted octanol–water partition coefficient (Wildman–Crippen LogP) is 3.07. The molecule has 0 amide bonds. The molecular weight excluding hydrogens is 259 g/mol. The van der Waals surface area contributed by atoms with E-state index in [9.17, 15) is 0 Å². The molecule has 1 atom stereocenters. The lowest BCUT2D eigenvalue weighted by Gasteiger charge is -2.46. The van der Waals surface area contributed by atoms with Crippen molar-refractivity contribution in [3.05, 3.63) is 33.8 Å². The van der Waals surface area contributed by atoms with E-state index in [1.165, 1.54) is 0 Å². The fourth-order valence-corrected chi connectivity index (χ4v) is 2.80. The molecule has 0 spiro atoms. The zero-order chi connectivity index (χ0) is 12.5. The Balaban J connectivity index is 2.37. The SMILES string of the molecule is COC1(C(NN)c2cc(Cl)ccc2Cl)CCC1. The molecule has 1 aliphatic rings. The summed E-state index contributed by atoms with van der Waals surface area (Å²) in [5.41, 5.74) is 3.44. The molecule has 17 heavy (non-hydrogen) atoms. The van der Waals surface area contributed by atoms with Crippen LogP contribution in [0.4, 0.5) is 0 Å². The lowest BCUT2D eigenvalue weighted by atomic mass is 9.72. The molecule has 0 radical (unpaired) electrons. The number of hydrogen-bond donors (Lipinski definition) is 2. The van der Waals surface area contributed by atoms with Crippen LogP contribution in [0.5, 0.6) is 0 Å². The fourth-order valence-electron chi connectivity index (χ4n) is 2.40. The van der Waals surface area contributed by atoms with Gasteiger partial charge in [0.2, 0.25) is 0 Å². The Morgan fingerprint density at radius 1 is 1.41 bits per heavy atom. The maximum atomic E-state index is 6.20. The molecule has 1 saturated carbocycles. The average Bonchev–Trinajstić information content (AvgIpc) is 2.27. The molecular formula is C12H16Cl2N2O. The monoisotopic (exact) mass is 274 g/mol. The third kappa shape index (κ3) is 2.30. The Hall–Kier alpha value is -0.320. The van der Waals surface area contributed by atoms with Gasteiger partial charge in [-0.05, 0) is 43.0 Å². The van der Waals surface area contributed by atoms with Crippen molar-refractivity contribution >= 4 is 23.2 Å². The van der Waals surface area contributed by atoms with Gasteiger partial charge < -0.3 is 4.74 Å². The van der Waals surface area contributed by atoms with E-state index in [0.717, 1.165) is 24.8 Å². The highest BCUT2D eigenvalue weighted by atomic mass is 35.5. The van der Waals surface area contributed by atoms with Crippen LogP contribution in [0.3, 0.4) is 0 Å². The molecule has 5 heteroatoms. The zero-order valence-corrected chi connectivity index (χ0v) is 11.2. The standard InChI is InChI=1S/C12H16Cl2N2O/c1-17-12(5-2-6-12)11(16-15)9-7-8(13)3-4-10(9)14/h3-4,7,11,16H,2,5-6,15H2,1H3. The van der Waals surface area contributed by atoms with Gasteiger partial charge in [0.25, 0.3) is 0 Å². The third-order valence-electron chi connectivity index (χ3n) is 3.57. The Kier molecular flexibility index (Phi) is 3.95. The van der Waals surface area contributed by atoms with Crippen LogP contribution in [0.25, 0.3) is 0 Å². The topological polar surface area (TPSA) is 47.3 Å². The summed E-state index contributed by atoms with van der Waals surface area (Å²) < 4.78 is 5.63. The molecule has 3 nitrogen and oxygen atoms in total. The molecule has 1 aromatic carbocycles. The van der Waals surface area contributed by atoms with E-state index >= 15 is 0 Å². The minimum Gasteiger partial charge on any atom is -0.376 e. The lowest BCUT2D eigenvalue weighted by molar-refractivity contribution is -0.0998. The lowest BCUT2D eigenvalue weighted by Crippen LogP contribution is -2.52. The summed E-state index contributed by atoms with van der Waals surface area (Å²) in [6, 6.07) is 5.26. The first-order valence-corrected chi connectivity index (χ1v) is 6.35. The largest absolute Gasteiger partial charge is 0.376 e. The Morgan fingerprint density at radius 2 is 2.12 bits per heavy atom. The quantitative estimate of drug-likeness (QED) is 0.655. The molecule has 0 heterocycles. The first-order valence-electron chi connectivity index (χ1n) is 5.59. The van der Waals surface area contributed by atoms with Crippen LogP contribution < -0.4 is 11.3 Å². The molecule has 1 aromatic rings. The van der Waals surface area contributed by atoms with Crippen molar-refractivity contribution in [3.63, 3.8) is 0 Å². The van der Waals surface area contributed by atoms with E-state index in [1.807, 2.05) is 6.07 Å². The summed E-state index contributed by atoms with van der Waals surface area (Å²) in [5.74, 6) is 5.66.